The van der Waals surface area contributed by atoms with Gasteiger partial charge < -0.3 is 14.6 Å². The molecule has 1 N–H and O–H groups in total. The first kappa shape index (κ1) is 12.5. The van der Waals surface area contributed by atoms with Crippen molar-refractivity contribution >= 4 is 0 Å². The lowest BCUT2D eigenvalue weighted by Gasteiger charge is -2.25. The molecule has 1 atom stereocenters. The van der Waals surface area contributed by atoms with Gasteiger partial charge in [-0.25, -0.2) is 0 Å². The Morgan fingerprint density at radius 2 is 2.24 bits per heavy atom. The fraction of sp³-hybridized carbons (Fsp3) is 0.833. The summed E-state index contributed by atoms with van der Waals surface area (Å²) in [6, 6.07) is 0. The maximum Gasteiger partial charge on any atom is 0.231 e. The van der Waals surface area contributed by atoms with Gasteiger partial charge in [-0.3, -0.25) is 0 Å². The second kappa shape index (κ2) is 5.14. The maximum absolute atomic E-state index is 5.60. The van der Waals surface area contributed by atoms with E-state index in [0.29, 0.717) is 11.7 Å². The van der Waals surface area contributed by atoms with E-state index < -0.39 is 5.60 Å². The van der Waals surface area contributed by atoms with Crippen LogP contribution in [0.5, 0.6) is 0 Å². The van der Waals surface area contributed by atoms with Gasteiger partial charge in [0.2, 0.25) is 11.7 Å². The van der Waals surface area contributed by atoms with Crippen LogP contribution in [0.25, 0.3) is 0 Å². The van der Waals surface area contributed by atoms with E-state index in [2.05, 4.69) is 29.3 Å². The van der Waals surface area contributed by atoms with Crippen molar-refractivity contribution in [1.82, 2.24) is 15.5 Å². The van der Waals surface area contributed by atoms with E-state index in [9.17, 15) is 0 Å². The molecule has 0 aromatic carbocycles. The van der Waals surface area contributed by atoms with Gasteiger partial charge >= 0.3 is 0 Å². The summed E-state index contributed by atoms with van der Waals surface area (Å²) in [4.78, 5) is 4.53. The summed E-state index contributed by atoms with van der Waals surface area (Å²) in [5, 5.41) is 7.41. The lowest BCUT2D eigenvalue weighted by atomic mass is 9.96. The number of aromatic nitrogens is 2. The van der Waals surface area contributed by atoms with Crippen LogP contribution in [-0.2, 0) is 10.3 Å². The molecule has 2 heterocycles. The second-order valence-electron chi connectivity index (χ2n) is 4.55. The van der Waals surface area contributed by atoms with Gasteiger partial charge in [0, 0.05) is 13.7 Å². The van der Waals surface area contributed by atoms with Crippen molar-refractivity contribution < 1.29 is 9.26 Å². The first-order valence-electron chi connectivity index (χ1n) is 6.35. The third-order valence-corrected chi connectivity index (χ3v) is 3.79. The molecule has 1 aliphatic rings. The largest absolute Gasteiger partial charge is 0.370 e. The van der Waals surface area contributed by atoms with Crippen molar-refractivity contribution in [1.29, 1.82) is 0 Å². The highest BCUT2D eigenvalue weighted by atomic mass is 16.5. The molecule has 1 saturated heterocycles. The van der Waals surface area contributed by atoms with Gasteiger partial charge in [-0.15, -0.1) is 0 Å². The van der Waals surface area contributed by atoms with Crippen LogP contribution in [0.1, 0.15) is 50.7 Å². The SMILES string of the molecule is CCC(CC)(OC)c1noc(C2CCNC2)n1. The van der Waals surface area contributed by atoms with E-state index >= 15 is 0 Å². The molecule has 0 aliphatic carbocycles. The molecule has 1 aromatic rings. The van der Waals surface area contributed by atoms with Gasteiger partial charge in [0.1, 0.15) is 5.60 Å². The van der Waals surface area contributed by atoms with Gasteiger partial charge in [-0.2, -0.15) is 4.98 Å². The zero-order valence-electron chi connectivity index (χ0n) is 10.8. The Morgan fingerprint density at radius 1 is 1.47 bits per heavy atom. The highest BCUT2D eigenvalue weighted by Gasteiger charge is 2.35. The molecule has 17 heavy (non-hydrogen) atoms. The molecule has 96 valence electrons. The lowest BCUT2D eigenvalue weighted by molar-refractivity contribution is -0.0306. The first-order chi connectivity index (χ1) is 8.25. The van der Waals surface area contributed by atoms with Gasteiger partial charge in [-0.1, -0.05) is 19.0 Å². The topological polar surface area (TPSA) is 60.2 Å². The number of nitrogens with zero attached hydrogens (tertiary/aromatic N) is 2. The summed E-state index contributed by atoms with van der Waals surface area (Å²) in [5.74, 6) is 1.79. The third kappa shape index (κ3) is 2.21. The van der Waals surface area contributed by atoms with Gasteiger partial charge in [0.05, 0.1) is 5.92 Å². The normalized spacial score (nSPS) is 21.0. The smallest absolute Gasteiger partial charge is 0.231 e. The summed E-state index contributed by atoms with van der Waals surface area (Å²) in [6.45, 7) is 6.12. The molecular formula is C12H21N3O2. The van der Waals surface area contributed by atoms with Crippen molar-refractivity contribution in [2.75, 3.05) is 20.2 Å². The lowest BCUT2D eigenvalue weighted by Crippen LogP contribution is -2.28. The minimum atomic E-state index is -0.395. The minimum absolute atomic E-state index is 0.361. The average Bonchev–Trinajstić information content (AvgIpc) is 3.03. The molecule has 0 saturated carbocycles. The van der Waals surface area contributed by atoms with E-state index in [0.717, 1.165) is 38.2 Å². The van der Waals surface area contributed by atoms with Crippen LogP contribution < -0.4 is 5.32 Å². The second-order valence-corrected chi connectivity index (χ2v) is 4.55. The highest BCUT2D eigenvalue weighted by molar-refractivity contribution is 5.04. The summed E-state index contributed by atoms with van der Waals surface area (Å²) >= 11 is 0. The molecule has 0 radical (unpaired) electrons. The number of hydrogen-bond acceptors (Lipinski definition) is 5. The standard InChI is InChI=1S/C12H21N3O2/c1-4-12(5-2,16-3)11-14-10(17-15-11)9-6-7-13-8-9/h9,13H,4-8H2,1-3H3. The van der Waals surface area contributed by atoms with Crippen LogP contribution in [0.2, 0.25) is 0 Å². The fourth-order valence-corrected chi connectivity index (χ4v) is 2.40. The van der Waals surface area contributed by atoms with E-state index in [1.807, 2.05) is 0 Å². The van der Waals surface area contributed by atoms with E-state index in [1.165, 1.54) is 0 Å². The number of rotatable bonds is 5. The molecule has 0 spiro atoms. The van der Waals surface area contributed by atoms with Crippen LogP contribution >= 0.6 is 0 Å². The van der Waals surface area contributed by atoms with Crippen LogP contribution in [0.3, 0.4) is 0 Å². The Bertz CT molecular complexity index is 346. The van der Waals surface area contributed by atoms with Crippen LogP contribution in [0, 0.1) is 0 Å². The molecule has 1 unspecified atom stereocenters. The van der Waals surface area contributed by atoms with Crippen LogP contribution in [-0.4, -0.2) is 30.3 Å². The van der Waals surface area contributed by atoms with E-state index in [4.69, 9.17) is 9.26 Å². The van der Waals surface area contributed by atoms with Gasteiger partial charge in [0.25, 0.3) is 0 Å². The summed E-state index contributed by atoms with van der Waals surface area (Å²) < 4.78 is 11.0. The van der Waals surface area contributed by atoms with Gasteiger partial charge in [-0.05, 0) is 25.8 Å². The fourth-order valence-electron chi connectivity index (χ4n) is 2.40. The molecule has 1 fully saturated rings. The zero-order chi connectivity index (χ0) is 12.3. The van der Waals surface area contributed by atoms with Crippen molar-refractivity contribution in [3.05, 3.63) is 11.7 Å². The molecule has 0 amide bonds. The predicted molar refractivity (Wildman–Crippen MR) is 63.8 cm³/mol. The van der Waals surface area contributed by atoms with Crippen LogP contribution in [0.15, 0.2) is 4.52 Å². The van der Waals surface area contributed by atoms with E-state index in [-0.39, 0.29) is 0 Å². The van der Waals surface area contributed by atoms with Crippen molar-refractivity contribution in [3.8, 4) is 0 Å². The van der Waals surface area contributed by atoms with Gasteiger partial charge in [0.15, 0.2) is 0 Å². The molecule has 0 bridgehead atoms. The molecule has 1 aliphatic heterocycles. The predicted octanol–water partition coefficient (Wildman–Crippen LogP) is 1.81. The summed E-state index contributed by atoms with van der Waals surface area (Å²) in [6.07, 6.45) is 2.77. The van der Waals surface area contributed by atoms with Crippen LogP contribution in [0.4, 0.5) is 0 Å². The zero-order valence-corrected chi connectivity index (χ0v) is 10.8. The van der Waals surface area contributed by atoms with Crippen molar-refractivity contribution in [3.63, 3.8) is 0 Å². The van der Waals surface area contributed by atoms with Crippen molar-refractivity contribution in [2.24, 2.45) is 0 Å². The van der Waals surface area contributed by atoms with Crippen molar-refractivity contribution in [2.45, 2.75) is 44.6 Å². The summed E-state index contributed by atoms with van der Waals surface area (Å²) in [5.41, 5.74) is -0.395. The quantitative estimate of drug-likeness (QED) is 0.849. The third-order valence-electron chi connectivity index (χ3n) is 3.79. The number of ether oxygens (including phenoxy) is 1. The molecule has 2 rings (SSSR count). The van der Waals surface area contributed by atoms with E-state index in [1.54, 1.807) is 7.11 Å². The molecular weight excluding hydrogens is 218 g/mol. The Morgan fingerprint density at radius 3 is 2.76 bits per heavy atom. The Kier molecular flexibility index (Phi) is 3.79. The first-order valence-corrected chi connectivity index (χ1v) is 6.35. The number of hydrogen-bond donors (Lipinski definition) is 1. The average molecular weight is 239 g/mol. The minimum Gasteiger partial charge on any atom is -0.370 e. The highest BCUT2D eigenvalue weighted by Crippen LogP contribution is 2.31. The Labute approximate surface area is 102 Å². The maximum atomic E-state index is 5.60. The Hall–Kier alpha value is -0.940. The summed E-state index contributed by atoms with van der Waals surface area (Å²) in [7, 11) is 1.71. The molecule has 1 aromatic heterocycles. The molecule has 5 heteroatoms. The number of nitrogens with one attached hydrogen (secondary N) is 1. The molecule has 5 nitrogen and oxygen atoms in total. The Balaban J connectivity index is 2.21. The number of methoxy groups -OCH3 is 1. The monoisotopic (exact) mass is 239 g/mol.